The molecule has 4 rings (SSSR count). The number of nitrogens with zero attached hydrogens (tertiary/aromatic N) is 6. The summed E-state index contributed by atoms with van der Waals surface area (Å²) in [6.07, 6.45) is 6.22. The molecule has 2 N–H and O–H groups in total. The number of hydrogen-bond acceptors (Lipinski definition) is 9. The van der Waals surface area contributed by atoms with Gasteiger partial charge in [-0.1, -0.05) is 25.1 Å². The lowest BCUT2D eigenvalue weighted by molar-refractivity contribution is 0.0960. The van der Waals surface area contributed by atoms with Crippen molar-refractivity contribution in [3.8, 4) is 17.3 Å². The van der Waals surface area contributed by atoms with Crippen molar-refractivity contribution in [2.75, 3.05) is 26.0 Å². The van der Waals surface area contributed by atoms with Gasteiger partial charge in [0, 0.05) is 48.9 Å². The van der Waals surface area contributed by atoms with E-state index in [1.807, 2.05) is 24.3 Å². The molecule has 1 amide bonds. The molecule has 0 saturated carbocycles. The molecule has 0 unspecified atom stereocenters. The molecule has 4 aromatic rings. The summed E-state index contributed by atoms with van der Waals surface area (Å²) < 4.78 is 4.99. The van der Waals surface area contributed by atoms with Crippen LogP contribution < -0.4 is 15.4 Å². The number of carbonyl (C=O) groups is 1. The molecule has 162 valence electrons. The molecule has 0 aliphatic carbocycles. The molecule has 0 radical (unpaired) electrons. The zero-order chi connectivity index (χ0) is 22.5. The van der Waals surface area contributed by atoms with Crippen LogP contribution in [0.15, 0.2) is 49.3 Å². The monoisotopic (exact) mass is 430 g/mol. The maximum atomic E-state index is 12.2. The molecule has 32 heavy (non-hydrogen) atoms. The Kier molecular flexibility index (Phi) is 6.11. The van der Waals surface area contributed by atoms with Crippen LogP contribution in [0.2, 0.25) is 0 Å². The number of rotatable bonds is 7. The minimum absolute atomic E-state index is 0.0915. The zero-order valence-corrected chi connectivity index (χ0v) is 17.9. The van der Waals surface area contributed by atoms with E-state index in [0.29, 0.717) is 29.8 Å². The van der Waals surface area contributed by atoms with E-state index in [0.717, 1.165) is 22.0 Å². The van der Waals surface area contributed by atoms with Gasteiger partial charge < -0.3 is 15.4 Å². The fraction of sp³-hybridized carbons (Fsp3) is 0.227. The van der Waals surface area contributed by atoms with Gasteiger partial charge in [-0.15, -0.1) is 0 Å². The van der Waals surface area contributed by atoms with Crippen molar-refractivity contribution in [1.29, 1.82) is 0 Å². The Balaban J connectivity index is 1.53. The van der Waals surface area contributed by atoms with Crippen molar-refractivity contribution in [1.82, 2.24) is 35.2 Å². The molecule has 0 spiro atoms. The predicted octanol–water partition coefficient (Wildman–Crippen LogP) is 2.46. The highest BCUT2D eigenvalue weighted by Crippen LogP contribution is 2.26. The summed E-state index contributed by atoms with van der Waals surface area (Å²) in [7, 11) is 3.10. The van der Waals surface area contributed by atoms with E-state index in [9.17, 15) is 4.79 Å². The van der Waals surface area contributed by atoms with Gasteiger partial charge >= 0.3 is 6.01 Å². The number of benzene rings is 1. The van der Waals surface area contributed by atoms with Crippen LogP contribution in [-0.4, -0.2) is 56.5 Å². The first-order valence-electron chi connectivity index (χ1n) is 9.98. The van der Waals surface area contributed by atoms with Crippen molar-refractivity contribution in [3.63, 3.8) is 0 Å². The summed E-state index contributed by atoms with van der Waals surface area (Å²) in [5.41, 5.74) is 3.60. The molecule has 0 fully saturated rings. The van der Waals surface area contributed by atoms with Gasteiger partial charge in [-0.25, -0.2) is 29.9 Å². The Labute approximate surface area is 184 Å². The number of para-hydroxylation sites is 1. The summed E-state index contributed by atoms with van der Waals surface area (Å²) in [4.78, 5) is 37.6. The number of anilines is 1. The number of amides is 1. The Bertz CT molecular complexity index is 1250. The summed E-state index contributed by atoms with van der Waals surface area (Å²) >= 11 is 0. The first-order valence-corrected chi connectivity index (χ1v) is 9.98. The molecule has 10 heteroatoms. The average molecular weight is 430 g/mol. The van der Waals surface area contributed by atoms with E-state index in [4.69, 9.17) is 4.74 Å². The van der Waals surface area contributed by atoms with E-state index in [-0.39, 0.29) is 11.8 Å². The molecule has 3 heterocycles. The van der Waals surface area contributed by atoms with Crippen LogP contribution in [0.4, 0.5) is 5.82 Å². The molecule has 3 aromatic heterocycles. The maximum absolute atomic E-state index is 12.2. The largest absolute Gasteiger partial charge is 0.467 e. The summed E-state index contributed by atoms with van der Waals surface area (Å²) in [5.74, 6) is 0.531. The third kappa shape index (κ3) is 4.29. The molecule has 0 aliphatic heterocycles. The predicted molar refractivity (Wildman–Crippen MR) is 119 cm³/mol. The summed E-state index contributed by atoms with van der Waals surface area (Å²) in [6.45, 7) is 2.69. The lowest BCUT2D eigenvalue weighted by Gasteiger charge is -2.16. The molecule has 10 nitrogen and oxygen atoms in total. The van der Waals surface area contributed by atoms with Gasteiger partial charge in [0.1, 0.15) is 24.2 Å². The third-order valence-electron chi connectivity index (χ3n) is 5.03. The fourth-order valence-electron chi connectivity index (χ4n) is 3.34. The Hall–Kier alpha value is -4.21. The lowest BCUT2D eigenvalue weighted by Crippen LogP contribution is -2.20. The highest BCUT2D eigenvalue weighted by Gasteiger charge is 2.16. The van der Waals surface area contributed by atoms with Crippen LogP contribution >= 0.6 is 0 Å². The van der Waals surface area contributed by atoms with E-state index in [1.165, 1.54) is 19.8 Å². The maximum Gasteiger partial charge on any atom is 0.316 e. The summed E-state index contributed by atoms with van der Waals surface area (Å²) in [5, 5.41) is 6.69. The average Bonchev–Trinajstić information content (AvgIpc) is 2.86. The van der Waals surface area contributed by atoms with Crippen LogP contribution in [0.1, 0.15) is 28.9 Å². The normalized spacial score (nSPS) is 11.7. The second-order valence-corrected chi connectivity index (χ2v) is 7.07. The van der Waals surface area contributed by atoms with Gasteiger partial charge in [0.2, 0.25) is 0 Å². The molecule has 0 saturated heterocycles. The number of fused-ring (bicyclic) bond motifs is 1. The van der Waals surface area contributed by atoms with E-state index in [2.05, 4.69) is 47.5 Å². The lowest BCUT2D eigenvalue weighted by atomic mass is 9.97. The topological polar surface area (TPSA) is 128 Å². The number of methoxy groups -OCH3 is 1. The van der Waals surface area contributed by atoms with Crippen LogP contribution in [0.3, 0.4) is 0 Å². The van der Waals surface area contributed by atoms with Crippen molar-refractivity contribution in [3.05, 3.63) is 60.6 Å². The molecule has 0 aliphatic rings. The van der Waals surface area contributed by atoms with Crippen LogP contribution in [0, 0.1) is 0 Å². The molecule has 1 atom stereocenters. The van der Waals surface area contributed by atoms with Crippen LogP contribution in [0.25, 0.3) is 22.2 Å². The minimum Gasteiger partial charge on any atom is -0.467 e. The standard InChI is InChI=1S/C22H22N8O2/c1-13(15-5-4-6-16-19(15)29-12-30-20(16)21(31)23-2)8-24-18-7-17(27-11-28-18)14-9-25-22(32-3)26-10-14/h4-7,9-13H,8H2,1-3H3,(H,23,31)(H,24,27,28)/t13-/m1/s1. The van der Waals surface area contributed by atoms with Crippen molar-refractivity contribution in [2.24, 2.45) is 0 Å². The van der Waals surface area contributed by atoms with Crippen molar-refractivity contribution >= 4 is 22.6 Å². The number of ether oxygens (including phenoxy) is 1. The van der Waals surface area contributed by atoms with Gasteiger partial charge in [-0.3, -0.25) is 4.79 Å². The highest BCUT2D eigenvalue weighted by atomic mass is 16.5. The smallest absolute Gasteiger partial charge is 0.316 e. The number of carbonyl (C=O) groups excluding carboxylic acids is 1. The fourth-order valence-corrected chi connectivity index (χ4v) is 3.34. The van der Waals surface area contributed by atoms with Gasteiger partial charge in [0.15, 0.2) is 0 Å². The summed E-state index contributed by atoms with van der Waals surface area (Å²) in [6, 6.07) is 7.92. The first-order chi connectivity index (χ1) is 15.6. The highest BCUT2D eigenvalue weighted by molar-refractivity contribution is 6.04. The Morgan fingerprint density at radius 1 is 1.06 bits per heavy atom. The first kappa shape index (κ1) is 21.0. The van der Waals surface area contributed by atoms with Crippen LogP contribution in [0.5, 0.6) is 6.01 Å². The molecule has 1 aromatic carbocycles. The van der Waals surface area contributed by atoms with Gasteiger partial charge in [0.05, 0.1) is 18.3 Å². The quantitative estimate of drug-likeness (QED) is 0.454. The minimum atomic E-state index is -0.239. The van der Waals surface area contributed by atoms with Gasteiger partial charge in [-0.2, -0.15) is 0 Å². The second-order valence-electron chi connectivity index (χ2n) is 7.07. The Morgan fingerprint density at radius 2 is 1.84 bits per heavy atom. The van der Waals surface area contributed by atoms with E-state index >= 15 is 0 Å². The van der Waals surface area contributed by atoms with E-state index in [1.54, 1.807) is 19.4 Å². The van der Waals surface area contributed by atoms with Gasteiger partial charge in [0.25, 0.3) is 5.91 Å². The SMILES string of the molecule is CNC(=O)c1ncnc2c([C@H](C)CNc3cc(-c4cnc(OC)nc4)ncn3)cccc12. The molecular formula is C22H22N8O2. The molecule has 0 bridgehead atoms. The Morgan fingerprint density at radius 3 is 2.59 bits per heavy atom. The number of nitrogens with one attached hydrogen (secondary N) is 2. The van der Waals surface area contributed by atoms with Crippen LogP contribution in [-0.2, 0) is 0 Å². The number of hydrogen-bond donors (Lipinski definition) is 2. The van der Waals surface area contributed by atoms with Crippen molar-refractivity contribution in [2.45, 2.75) is 12.8 Å². The van der Waals surface area contributed by atoms with Crippen molar-refractivity contribution < 1.29 is 9.53 Å². The molecular weight excluding hydrogens is 408 g/mol. The van der Waals surface area contributed by atoms with E-state index < -0.39 is 0 Å². The third-order valence-corrected chi connectivity index (χ3v) is 5.03. The second kappa shape index (κ2) is 9.29. The number of aromatic nitrogens is 6. The van der Waals surface area contributed by atoms with Gasteiger partial charge in [-0.05, 0) is 5.56 Å². The zero-order valence-electron chi connectivity index (χ0n) is 17.9.